The molecule has 2 N–H and O–H groups in total. The van der Waals surface area contributed by atoms with Gasteiger partial charge in [0.05, 0.1) is 6.20 Å². The quantitative estimate of drug-likeness (QED) is 0.894. The molecule has 0 amide bonds. The van der Waals surface area contributed by atoms with Crippen LogP contribution < -0.4 is 10.6 Å². The van der Waals surface area contributed by atoms with Crippen LogP contribution in [0.4, 0.5) is 17.5 Å². The third-order valence-electron chi connectivity index (χ3n) is 2.06. The molecule has 0 spiro atoms. The number of halogens is 2. The first kappa shape index (κ1) is 12.0. The molecule has 0 bridgehead atoms. The summed E-state index contributed by atoms with van der Waals surface area (Å²) >= 11 is 11.9. The van der Waals surface area contributed by atoms with E-state index in [0.29, 0.717) is 21.8 Å². The Balaban J connectivity index is 2.29. The Labute approximate surface area is 109 Å². The lowest BCUT2D eigenvalue weighted by Gasteiger charge is -2.08. The van der Waals surface area contributed by atoms with Crippen molar-refractivity contribution in [1.29, 1.82) is 0 Å². The van der Waals surface area contributed by atoms with Gasteiger partial charge in [0.1, 0.15) is 5.02 Å². The first-order valence-corrected chi connectivity index (χ1v) is 5.67. The predicted octanol–water partition coefficient (Wildman–Crippen LogP) is 3.57. The molecule has 17 heavy (non-hydrogen) atoms. The Hall–Kier alpha value is -1.52. The molecule has 1 heterocycles. The van der Waals surface area contributed by atoms with Gasteiger partial charge in [-0.3, -0.25) is 0 Å². The Morgan fingerprint density at radius 3 is 2.76 bits per heavy atom. The van der Waals surface area contributed by atoms with E-state index < -0.39 is 0 Å². The van der Waals surface area contributed by atoms with Gasteiger partial charge < -0.3 is 10.6 Å². The van der Waals surface area contributed by atoms with Gasteiger partial charge in [0, 0.05) is 17.8 Å². The van der Waals surface area contributed by atoms with Crippen molar-refractivity contribution >= 4 is 40.7 Å². The molecule has 88 valence electrons. The maximum Gasteiger partial charge on any atom is 0.224 e. The van der Waals surface area contributed by atoms with Crippen molar-refractivity contribution in [2.24, 2.45) is 0 Å². The van der Waals surface area contributed by atoms with Crippen molar-refractivity contribution in [3.63, 3.8) is 0 Å². The summed E-state index contributed by atoms with van der Waals surface area (Å²) in [6, 6.07) is 7.31. The summed E-state index contributed by atoms with van der Waals surface area (Å²) in [6.45, 7) is 0. The molecule has 2 aromatic rings. The van der Waals surface area contributed by atoms with Crippen LogP contribution in [0.2, 0.25) is 10.0 Å². The third kappa shape index (κ3) is 2.99. The number of benzene rings is 1. The standard InChI is InChI=1S/C11H10Cl2N4/c1-14-11-15-6-9(13)10(17-11)16-8-4-2-3-7(12)5-8/h2-6H,1H3,(H2,14,15,16,17). The highest BCUT2D eigenvalue weighted by molar-refractivity contribution is 6.33. The normalized spacial score (nSPS) is 10.1. The van der Waals surface area contributed by atoms with Crippen molar-refractivity contribution in [1.82, 2.24) is 9.97 Å². The van der Waals surface area contributed by atoms with Crippen LogP contribution in [0.5, 0.6) is 0 Å². The van der Waals surface area contributed by atoms with E-state index in [1.54, 1.807) is 19.2 Å². The molecule has 2 rings (SSSR count). The molecular weight excluding hydrogens is 259 g/mol. The van der Waals surface area contributed by atoms with Crippen LogP contribution in [0.15, 0.2) is 30.5 Å². The number of hydrogen-bond acceptors (Lipinski definition) is 4. The number of rotatable bonds is 3. The van der Waals surface area contributed by atoms with Gasteiger partial charge in [0.2, 0.25) is 5.95 Å². The number of nitrogens with zero attached hydrogens (tertiary/aromatic N) is 2. The lowest BCUT2D eigenvalue weighted by atomic mass is 10.3. The molecule has 0 radical (unpaired) electrons. The minimum absolute atomic E-state index is 0.448. The molecule has 0 aliphatic carbocycles. The van der Waals surface area contributed by atoms with Crippen molar-refractivity contribution < 1.29 is 0 Å². The summed E-state index contributed by atoms with van der Waals surface area (Å²) in [6.07, 6.45) is 1.53. The number of nitrogens with one attached hydrogen (secondary N) is 2. The van der Waals surface area contributed by atoms with E-state index in [-0.39, 0.29) is 0 Å². The average molecular weight is 269 g/mol. The monoisotopic (exact) mass is 268 g/mol. The average Bonchev–Trinajstić information content (AvgIpc) is 2.32. The maximum atomic E-state index is 5.99. The molecule has 0 atom stereocenters. The molecule has 4 nitrogen and oxygen atoms in total. The Morgan fingerprint density at radius 2 is 2.06 bits per heavy atom. The zero-order chi connectivity index (χ0) is 12.3. The Kier molecular flexibility index (Phi) is 3.66. The van der Waals surface area contributed by atoms with Crippen molar-refractivity contribution in [2.75, 3.05) is 17.7 Å². The van der Waals surface area contributed by atoms with Gasteiger partial charge in [0.15, 0.2) is 5.82 Å². The van der Waals surface area contributed by atoms with Gasteiger partial charge in [-0.05, 0) is 18.2 Å². The van der Waals surface area contributed by atoms with Gasteiger partial charge in [-0.15, -0.1) is 0 Å². The molecule has 0 saturated heterocycles. The molecule has 0 unspecified atom stereocenters. The van der Waals surface area contributed by atoms with E-state index in [2.05, 4.69) is 20.6 Å². The van der Waals surface area contributed by atoms with Crippen LogP contribution in [-0.2, 0) is 0 Å². The molecule has 0 aliphatic heterocycles. The van der Waals surface area contributed by atoms with E-state index in [0.717, 1.165) is 5.69 Å². The summed E-state index contributed by atoms with van der Waals surface area (Å²) in [5.74, 6) is 1.03. The molecule has 1 aromatic carbocycles. The second-order valence-corrected chi connectivity index (χ2v) is 4.12. The second kappa shape index (κ2) is 5.21. The Bertz CT molecular complexity index is 531. The molecule has 0 aliphatic rings. The van der Waals surface area contributed by atoms with Gasteiger partial charge in [0.25, 0.3) is 0 Å². The highest BCUT2D eigenvalue weighted by Crippen LogP contribution is 2.24. The lowest BCUT2D eigenvalue weighted by Crippen LogP contribution is -2.00. The fourth-order valence-corrected chi connectivity index (χ4v) is 1.61. The molecule has 6 heteroatoms. The van der Waals surface area contributed by atoms with Crippen molar-refractivity contribution in [3.05, 3.63) is 40.5 Å². The maximum absolute atomic E-state index is 5.99. The van der Waals surface area contributed by atoms with Crippen LogP contribution in [0, 0.1) is 0 Å². The second-order valence-electron chi connectivity index (χ2n) is 3.28. The van der Waals surface area contributed by atoms with Crippen LogP contribution in [0.3, 0.4) is 0 Å². The van der Waals surface area contributed by atoms with E-state index in [1.165, 1.54) is 6.20 Å². The SMILES string of the molecule is CNc1ncc(Cl)c(Nc2cccc(Cl)c2)n1. The van der Waals surface area contributed by atoms with Crippen molar-refractivity contribution in [2.45, 2.75) is 0 Å². The molecule has 0 fully saturated rings. The van der Waals surface area contributed by atoms with E-state index in [1.807, 2.05) is 12.1 Å². The summed E-state index contributed by atoms with van der Waals surface area (Å²) in [7, 11) is 1.74. The third-order valence-corrected chi connectivity index (χ3v) is 2.57. The van der Waals surface area contributed by atoms with Crippen LogP contribution in [-0.4, -0.2) is 17.0 Å². The minimum atomic E-state index is 0.448. The summed E-state index contributed by atoms with van der Waals surface area (Å²) < 4.78 is 0. The minimum Gasteiger partial charge on any atom is -0.357 e. The first-order valence-electron chi connectivity index (χ1n) is 4.92. The number of anilines is 3. The topological polar surface area (TPSA) is 49.8 Å². The van der Waals surface area contributed by atoms with Crippen molar-refractivity contribution in [3.8, 4) is 0 Å². The molecule has 0 saturated carbocycles. The summed E-state index contributed by atoms with van der Waals surface area (Å²) in [5, 5.41) is 7.02. The van der Waals surface area contributed by atoms with Crippen LogP contribution in [0.25, 0.3) is 0 Å². The summed E-state index contributed by atoms with van der Waals surface area (Å²) in [5.41, 5.74) is 0.820. The highest BCUT2D eigenvalue weighted by Gasteiger charge is 2.05. The number of aromatic nitrogens is 2. The predicted molar refractivity (Wildman–Crippen MR) is 71.3 cm³/mol. The van der Waals surface area contributed by atoms with Crippen LogP contribution in [0.1, 0.15) is 0 Å². The zero-order valence-corrected chi connectivity index (χ0v) is 10.5. The molecular formula is C11H10Cl2N4. The fraction of sp³-hybridized carbons (Fsp3) is 0.0909. The first-order chi connectivity index (χ1) is 8.19. The van der Waals surface area contributed by atoms with E-state index in [9.17, 15) is 0 Å². The summed E-state index contributed by atoms with van der Waals surface area (Å²) in [4.78, 5) is 8.20. The van der Waals surface area contributed by atoms with Crippen LogP contribution >= 0.6 is 23.2 Å². The smallest absolute Gasteiger partial charge is 0.224 e. The largest absolute Gasteiger partial charge is 0.357 e. The van der Waals surface area contributed by atoms with Gasteiger partial charge in [-0.25, -0.2) is 4.98 Å². The lowest BCUT2D eigenvalue weighted by molar-refractivity contribution is 1.15. The Morgan fingerprint density at radius 1 is 1.24 bits per heavy atom. The number of hydrogen-bond donors (Lipinski definition) is 2. The molecule has 1 aromatic heterocycles. The zero-order valence-electron chi connectivity index (χ0n) is 9.04. The van der Waals surface area contributed by atoms with Gasteiger partial charge in [-0.2, -0.15) is 4.98 Å². The van der Waals surface area contributed by atoms with E-state index >= 15 is 0 Å². The van der Waals surface area contributed by atoms with Gasteiger partial charge >= 0.3 is 0 Å². The highest BCUT2D eigenvalue weighted by atomic mass is 35.5. The van der Waals surface area contributed by atoms with Gasteiger partial charge in [-0.1, -0.05) is 29.3 Å². The fourth-order valence-electron chi connectivity index (χ4n) is 1.28. The van der Waals surface area contributed by atoms with E-state index in [4.69, 9.17) is 23.2 Å².